The van der Waals surface area contributed by atoms with Gasteiger partial charge in [-0.1, -0.05) is 49.4 Å². The van der Waals surface area contributed by atoms with Crippen LogP contribution in [0.25, 0.3) is 10.8 Å². The van der Waals surface area contributed by atoms with Gasteiger partial charge < -0.3 is 10.2 Å². The molecule has 0 aliphatic carbocycles. The first-order valence-electron chi connectivity index (χ1n) is 9.26. The van der Waals surface area contributed by atoms with Gasteiger partial charge in [-0.3, -0.25) is 4.79 Å². The lowest BCUT2D eigenvalue weighted by Gasteiger charge is -2.34. The second-order valence-electron chi connectivity index (χ2n) is 6.75. The maximum Gasteiger partial charge on any atom is 0.223 e. The van der Waals surface area contributed by atoms with E-state index in [0.29, 0.717) is 18.4 Å². The Kier molecular flexibility index (Phi) is 7.73. The van der Waals surface area contributed by atoms with Crippen LogP contribution in [0.5, 0.6) is 0 Å². The zero-order valence-corrected chi connectivity index (χ0v) is 15.9. The average molecular weight is 361 g/mol. The third-order valence-electron chi connectivity index (χ3n) is 4.98. The Morgan fingerprint density at radius 3 is 2.56 bits per heavy atom. The minimum Gasteiger partial charge on any atom is -0.340 e. The van der Waals surface area contributed by atoms with Gasteiger partial charge in [0, 0.05) is 19.0 Å². The molecule has 1 aliphatic rings. The third-order valence-corrected chi connectivity index (χ3v) is 4.98. The van der Waals surface area contributed by atoms with Gasteiger partial charge >= 0.3 is 0 Å². The smallest absolute Gasteiger partial charge is 0.223 e. The van der Waals surface area contributed by atoms with Crippen molar-refractivity contribution in [3.63, 3.8) is 0 Å². The van der Waals surface area contributed by atoms with Gasteiger partial charge in [-0.15, -0.1) is 12.4 Å². The number of halogens is 1. The predicted octanol–water partition coefficient (Wildman–Crippen LogP) is 4.18. The molecule has 0 unspecified atom stereocenters. The second kappa shape index (κ2) is 9.79. The van der Waals surface area contributed by atoms with Crippen LogP contribution in [0.4, 0.5) is 0 Å². The molecule has 0 aromatic heterocycles. The van der Waals surface area contributed by atoms with E-state index in [2.05, 4.69) is 59.6 Å². The molecular formula is C21H29ClN2O. The Hall–Kier alpha value is -1.58. The number of aryl methyl sites for hydroxylation is 1. The monoisotopic (exact) mass is 360 g/mol. The van der Waals surface area contributed by atoms with E-state index in [9.17, 15) is 4.79 Å². The highest BCUT2D eigenvalue weighted by Gasteiger charge is 2.24. The van der Waals surface area contributed by atoms with Gasteiger partial charge in [0.1, 0.15) is 0 Å². The van der Waals surface area contributed by atoms with E-state index in [1.807, 2.05) is 0 Å². The molecule has 1 N–H and O–H groups in total. The molecule has 3 nitrogen and oxygen atoms in total. The number of fused-ring (bicyclic) bond motifs is 1. The van der Waals surface area contributed by atoms with Crippen LogP contribution in [0, 0.1) is 0 Å². The van der Waals surface area contributed by atoms with Crippen molar-refractivity contribution in [2.45, 2.75) is 45.1 Å². The maximum absolute atomic E-state index is 12.8. The molecule has 3 rings (SSSR count). The summed E-state index contributed by atoms with van der Waals surface area (Å²) in [6.07, 6.45) is 4.65. The minimum absolute atomic E-state index is 0. The number of carbonyl (C=O) groups is 1. The van der Waals surface area contributed by atoms with Gasteiger partial charge in [0.2, 0.25) is 5.91 Å². The molecule has 0 bridgehead atoms. The third kappa shape index (κ3) is 5.20. The van der Waals surface area contributed by atoms with E-state index in [1.54, 1.807) is 0 Å². The van der Waals surface area contributed by atoms with Crippen LogP contribution in [0.3, 0.4) is 0 Å². The summed E-state index contributed by atoms with van der Waals surface area (Å²) in [5.41, 5.74) is 1.25. The lowest BCUT2D eigenvalue weighted by Crippen LogP contribution is -2.46. The fraction of sp³-hybridized carbons (Fsp3) is 0.476. The Bertz CT molecular complexity index is 682. The molecule has 2 aromatic carbocycles. The molecule has 1 fully saturated rings. The lowest BCUT2D eigenvalue weighted by atomic mass is 10.0. The van der Waals surface area contributed by atoms with E-state index in [4.69, 9.17) is 0 Å². The number of hydrogen-bond donors (Lipinski definition) is 1. The number of amides is 1. The summed E-state index contributed by atoms with van der Waals surface area (Å²) in [4.78, 5) is 14.9. The summed E-state index contributed by atoms with van der Waals surface area (Å²) in [5, 5.41) is 5.90. The highest BCUT2D eigenvalue weighted by molar-refractivity contribution is 5.85. The van der Waals surface area contributed by atoms with E-state index in [-0.39, 0.29) is 12.4 Å². The van der Waals surface area contributed by atoms with Crippen LogP contribution >= 0.6 is 12.4 Å². The van der Waals surface area contributed by atoms with Crippen LogP contribution in [-0.2, 0) is 11.2 Å². The molecule has 0 atom stereocenters. The quantitative estimate of drug-likeness (QED) is 0.837. The minimum atomic E-state index is 0. The van der Waals surface area contributed by atoms with Gasteiger partial charge in [0.05, 0.1) is 0 Å². The van der Waals surface area contributed by atoms with Crippen LogP contribution < -0.4 is 5.32 Å². The summed E-state index contributed by atoms with van der Waals surface area (Å²) in [7, 11) is 0. The summed E-state index contributed by atoms with van der Waals surface area (Å²) >= 11 is 0. The maximum atomic E-state index is 12.8. The van der Waals surface area contributed by atoms with Crippen molar-refractivity contribution in [2.24, 2.45) is 0 Å². The van der Waals surface area contributed by atoms with E-state index in [0.717, 1.165) is 45.3 Å². The van der Waals surface area contributed by atoms with Crippen LogP contribution in [0.1, 0.15) is 38.2 Å². The van der Waals surface area contributed by atoms with Crippen molar-refractivity contribution >= 4 is 29.1 Å². The Morgan fingerprint density at radius 2 is 1.84 bits per heavy atom. The van der Waals surface area contributed by atoms with Crippen molar-refractivity contribution in [3.8, 4) is 0 Å². The van der Waals surface area contributed by atoms with E-state index in [1.165, 1.54) is 16.3 Å². The highest BCUT2D eigenvalue weighted by Crippen LogP contribution is 2.18. The van der Waals surface area contributed by atoms with Crippen LogP contribution in [0.15, 0.2) is 42.5 Å². The number of nitrogens with zero attached hydrogens (tertiary/aromatic N) is 1. The average Bonchev–Trinajstić information content (AvgIpc) is 2.64. The molecule has 136 valence electrons. The fourth-order valence-electron chi connectivity index (χ4n) is 3.66. The highest BCUT2D eigenvalue weighted by atomic mass is 35.5. The van der Waals surface area contributed by atoms with Gasteiger partial charge in [0.25, 0.3) is 0 Å². The van der Waals surface area contributed by atoms with Crippen molar-refractivity contribution < 1.29 is 4.79 Å². The van der Waals surface area contributed by atoms with E-state index < -0.39 is 0 Å². The number of piperidine rings is 1. The van der Waals surface area contributed by atoms with Crippen molar-refractivity contribution in [1.82, 2.24) is 10.2 Å². The van der Waals surface area contributed by atoms with E-state index >= 15 is 0 Å². The van der Waals surface area contributed by atoms with Crippen molar-refractivity contribution in [1.29, 1.82) is 0 Å². The summed E-state index contributed by atoms with van der Waals surface area (Å²) < 4.78 is 0. The molecule has 0 spiro atoms. The fourth-order valence-corrected chi connectivity index (χ4v) is 3.66. The normalized spacial score (nSPS) is 14.9. The largest absolute Gasteiger partial charge is 0.340 e. The van der Waals surface area contributed by atoms with Crippen molar-refractivity contribution in [3.05, 3.63) is 48.0 Å². The molecule has 0 radical (unpaired) electrons. The molecule has 1 amide bonds. The predicted molar refractivity (Wildman–Crippen MR) is 107 cm³/mol. The molecule has 1 aliphatic heterocycles. The van der Waals surface area contributed by atoms with Crippen molar-refractivity contribution in [2.75, 3.05) is 19.6 Å². The first-order chi connectivity index (χ1) is 11.8. The molecule has 0 saturated carbocycles. The second-order valence-corrected chi connectivity index (χ2v) is 6.75. The first-order valence-corrected chi connectivity index (χ1v) is 9.26. The standard InChI is InChI=1S/C21H28N2O.ClH/c1-2-15-23(20-11-13-22-14-12-20)21(24)10-8-17-7-9-18-5-3-4-6-19(18)16-17;/h3-7,9,16,20,22H,2,8,10-15H2,1H3;1H. The van der Waals surface area contributed by atoms with Gasteiger partial charge in [-0.25, -0.2) is 0 Å². The Morgan fingerprint density at radius 1 is 1.12 bits per heavy atom. The first kappa shape index (κ1) is 19.7. The Balaban J connectivity index is 0.00000225. The molecule has 25 heavy (non-hydrogen) atoms. The van der Waals surface area contributed by atoms with Gasteiger partial charge in [0.15, 0.2) is 0 Å². The molecular weight excluding hydrogens is 332 g/mol. The van der Waals surface area contributed by atoms with Crippen LogP contribution in [0.2, 0.25) is 0 Å². The van der Waals surface area contributed by atoms with Gasteiger partial charge in [-0.2, -0.15) is 0 Å². The molecule has 2 aromatic rings. The summed E-state index contributed by atoms with van der Waals surface area (Å²) in [6, 6.07) is 15.4. The topological polar surface area (TPSA) is 32.3 Å². The number of carbonyl (C=O) groups excluding carboxylic acids is 1. The number of hydrogen-bond acceptors (Lipinski definition) is 2. The SMILES string of the molecule is CCCN(C(=O)CCc1ccc2ccccc2c1)C1CCNCC1.Cl. The molecule has 1 saturated heterocycles. The number of nitrogens with one attached hydrogen (secondary N) is 1. The van der Waals surface area contributed by atoms with Crippen LogP contribution in [-0.4, -0.2) is 36.5 Å². The van der Waals surface area contributed by atoms with Gasteiger partial charge in [-0.05, 0) is 55.1 Å². The molecule has 1 heterocycles. The number of benzene rings is 2. The number of rotatable bonds is 6. The Labute approximate surface area is 157 Å². The lowest BCUT2D eigenvalue weighted by molar-refractivity contribution is -0.134. The zero-order valence-electron chi connectivity index (χ0n) is 15.0. The summed E-state index contributed by atoms with van der Waals surface area (Å²) in [5.74, 6) is 0.317. The molecule has 4 heteroatoms. The summed E-state index contributed by atoms with van der Waals surface area (Å²) in [6.45, 7) is 5.11. The zero-order chi connectivity index (χ0) is 16.8.